The van der Waals surface area contributed by atoms with Gasteiger partial charge in [-0.3, -0.25) is 35.0 Å². The third-order valence-corrected chi connectivity index (χ3v) is 12.4. The van der Waals surface area contributed by atoms with Crippen molar-refractivity contribution < 1.29 is 53.9 Å². The van der Waals surface area contributed by atoms with Crippen LogP contribution in [0.15, 0.2) is 59.1 Å². The third kappa shape index (κ3) is 8.57. The monoisotopic (exact) mass is 803 g/mol. The number of nitrogens with zero attached hydrogens (tertiary/aromatic N) is 5. The minimum Gasteiger partial charge on any atom is -0.456 e. The molecule has 18 nitrogen and oxygen atoms in total. The fraction of sp³-hybridized carbons (Fsp3) is 0.486. The van der Waals surface area contributed by atoms with Crippen LogP contribution in [0.25, 0.3) is 0 Å². The highest BCUT2D eigenvalue weighted by Gasteiger charge is 2.61. The van der Waals surface area contributed by atoms with Crippen LogP contribution in [0.2, 0.25) is 0 Å². The van der Waals surface area contributed by atoms with Crippen molar-refractivity contribution in [3.05, 3.63) is 90.5 Å². The van der Waals surface area contributed by atoms with E-state index in [1.165, 1.54) is 83.9 Å². The maximum absolute atomic E-state index is 13.8. The van der Waals surface area contributed by atoms with Crippen molar-refractivity contribution in [2.45, 2.75) is 75.1 Å². The molecule has 0 aliphatic carbocycles. The standard InChI is InChI=1S/C35H41N5O13S2/c1-18(15-41)38(47)33(44)31(54-4)26-13-25(14-36(26)35(46)53-17-22-7-11-24(12-8-22)40(50)51)55-30-19(2)28-27(20(3)42)32(43)37(28)29(30)34(45)52-16-21-5-9-23(10-6-21)39(48)49/h5-12,18-20,25-28,31,41-42,47H,13-17H2,1-4H3/t18?,19-,20-,25+,26+,27-,28-,31?/m1/s1. The molecule has 3 heterocycles. The summed E-state index contributed by atoms with van der Waals surface area (Å²) in [6.07, 6.45) is -0.00234. The smallest absolute Gasteiger partial charge is 0.410 e. The molecule has 8 atom stereocenters. The largest absolute Gasteiger partial charge is 0.456 e. The maximum atomic E-state index is 13.8. The number of aliphatic hydroxyl groups is 2. The van der Waals surface area contributed by atoms with E-state index in [9.17, 15) is 54.8 Å². The summed E-state index contributed by atoms with van der Waals surface area (Å²) in [6.45, 7) is 3.76. The number of carbonyl (C=O) groups is 4. The van der Waals surface area contributed by atoms with Crippen molar-refractivity contribution in [1.82, 2.24) is 14.9 Å². The molecule has 3 aliphatic heterocycles. The van der Waals surface area contributed by atoms with Crippen molar-refractivity contribution in [2.24, 2.45) is 11.8 Å². The molecular weight excluding hydrogens is 763 g/mol. The first kappa shape index (κ1) is 41.4. The second kappa shape index (κ2) is 17.4. The third-order valence-electron chi connectivity index (χ3n) is 9.92. The van der Waals surface area contributed by atoms with Gasteiger partial charge in [0, 0.05) is 46.9 Å². The SMILES string of the molecule is CSC(C(=O)N(O)C(C)CO)[C@@H]1C[C@H](SC2=C(C(=O)OCc3ccc([N+](=O)[O-])cc3)N3C(=O)[C@H]([C@@H](C)O)[C@H]3[C@H]2C)CN1C(=O)OCc1ccc([N+](=O)[O-])cc1. The molecule has 0 aromatic heterocycles. The number of hydroxylamine groups is 2. The zero-order chi connectivity index (χ0) is 40.3. The zero-order valence-electron chi connectivity index (χ0n) is 30.2. The first-order valence-electron chi connectivity index (χ1n) is 17.2. The lowest BCUT2D eigenvalue weighted by Gasteiger charge is -2.46. The summed E-state index contributed by atoms with van der Waals surface area (Å²) >= 11 is 2.31. The molecule has 2 unspecified atom stereocenters. The lowest BCUT2D eigenvalue weighted by atomic mass is 9.79. The Bertz CT molecular complexity index is 1840. The topological polar surface area (TPSA) is 243 Å². The van der Waals surface area contributed by atoms with Crippen LogP contribution in [-0.4, -0.2) is 118 Å². The molecule has 5 rings (SSSR count). The van der Waals surface area contributed by atoms with Crippen LogP contribution in [0.1, 0.15) is 38.3 Å². The van der Waals surface area contributed by atoms with E-state index in [-0.39, 0.29) is 43.3 Å². The number of carbonyl (C=O) groups excluding carboxylic acids is 4. The van der Waals surface area contributed by atoms with Gasteiger partial charge in [0.2, 0.25) is 5.91 Å². The Kier molecular flexibility index (Phi) is 13.1. The van der Waals surface area contributed by atoms with Gasteiger partial charge in [0.15, 0.2) is 0 Å². The van der Waals surface area contributed by atoms with E-state index in [1.54, 1.807) is 6.26 Å². The molecule has 2 aromatic carbocycles. The first-order valence-corrected chi connectivity index (χ1v) is 19.4. The van der Waals surface area contributed by atoms with Gasteiger partial charge in [0.1, 0.15) is 24.2 Å². The molecule has 0 saturated carbocycles. The Hall–Kier alpha value is -4.76. The zero-order valence-corrected chi connectivity index (χ0v) is 31.9. The number of thioether (sulfide) groups is 2. The predicted molar refractivity (Wildman–Crippen MR) is 197 cm³/mol. The lowest BCUT2D eigenvalue weighted by molar-refractivity contribution is -0.385. The number of β-lactam (4-membered cyclic amide) rings is 1. The fourth-order valence-electron chi connectivity index (χ4n) is 6.98. The molecule has 3 aliphatic rings. The number of nitro benzene ring substituents is 2. The highest BCUT2D eigenvalue weighted by atomic mass is 32.2. The number of hydrogen-bond acceptors (Lipinski definition) is 15. The molecule has 3 amide bonds. The van der Waals surface area contributed by atoms with E-state index >= 15 is 0 Å². The number of aliphatic hydroxyl groups excluding tert-OH is 2. The van der Waals surface area contributed by atoms with Crippen LogP contribution in [0.4, 0.5) is 16.2 Å². The number of amides is 3. The van der Waals surface area contributed by atoms with E-state index in [4.69, 9.17) is 9.47 Å². The Morgan fingerprint density at radius 1 is 0.982 bits per heavy atom. The summed E-state index contributed by atoms with van der Waals surface area (Å²) in [5.41, 5.74) is 0.644. The van der Waals surface area contributed by atoms with E-state index in [0.29, 0.717) is 21.1 Å². The first-order chi connectivity index (χ1) is 26.1. The molecule has 0 bridgehead atoms. The summed E-state index contributed by atoms with van der Waals surface area (Å²) in [4.78, 5) is 78.6. The summed E-state index contributed by atoms with van der Waals surface area (Å²) < 4.78 is 11.2. The number of fused-ring (bicyclic) bond motifs is 1. The van der Waals surface area contributed by atoms with Crippen molar-refractivity contribution in [2.75, 3.05) is 19.4 Å². The molecule has 2 aromatic rings. The summed E-state index contributed by atoms with van der Waals surface area (Å²) in [6, 6.07) is 8.54. The van der Waals surface area contributed by atoms with Gasteiger partial charge in [-0.1, -0.05) is 6.92 Å². The van der Waals surface area contributed by atoms with Gasteiger partial charge in [0.25, 0.3) is 17.3 Å². The van der Waals surface area contributed by atoms with E-state index in [0.717, 1.165) is 11.8 Å². The van der Waals surface area contributed by atoms with Gasteiger partial charge >= 0.3 is 12.1 Å². The van der Waals surface area contributed by atoms with E-state index in [2.05, 4.69) is 0 Å². The second-order valence-corrected chi connectivity index (χ2v) is 15.8. The number of ether oxygens (including phenoxy) is 2. The molecule has 0 radical (unpaired) electrons. The van der Waals surface area contributed by atoms with Crippen molar-refractivity contribution in [3.8, 4) is 0 Å². The van der Waals surface area contributed by atoms with Crippen molar-refractivity contribution in [3.63, 3.8) is 0 Å². The maximum Gasteiger partial charge on any atom is 0.410 e. The number of benzene rings is 2. The predicted octanol–water partition coefficient (Wildman–Crippen LogP) is 3.46. The molecule has 296 valence electrons. The normalized spacial score (nSPS) is 23.4. The Morgan fingerprint density at radius 3 is 2.02 bits per heavy atom. The molecule has 2 saturated heterocycles. The van der Waals surface area contributed by atoms with Crippen LogP contribution in [0, 0.1) is 32.1 Å². The summed E-state index contributed by atoms with van der Waals surface area (Å²) in [7, 11) is 0. The Balaban J connectivity index is 1.42. The van der Waals surface area contributed by atoms with Gasteiger partial charge in [-0.25, -0.2) is 14.7 Å². The Morgan fingerprint density at radius 2 is 1.53 bits per heavy atom. The minimum atomic E-state index is -1.02. The number of non-ortho nitro benzene ring substituents is 2. The Labute approximate surface area is 323 Å². The van der Waals surface area contributed by atoms with E-state index < -0.39 is 86.9 Å². The molecule has 3 N–H and O–H groups in total. The number of likely N-dealkylation sites (tertiary alicyclic amines) is 1. The molecule has 55 heavy (non-hydrogen) atoms. The van der Waals surface area contributed by atoms with Crippen LogP contribution in [-0.2, 0) is 37.1 Å². The van der Waals surface area contributed by atoms with Crippen molar-refractivity contribution >= 4 is 58.8 Å². The van der Waals surface area contributed by atoms with Gasteiger partial charge in [0.05, 0.1) is 46.6 Å². The van der Waals surface area contributed by atoms with Gasteiger partial charge < -0.3 is 29.5 Å². The quantitative estimate of drug-likeness (QED) is 0.0768. The molecule has 0 spiro atoms. The molecular formula is C35H41N5O13S2. The molecule has 2 fully saturated rings. The average molecular weight is 804 g/mol. The average Bonchev–Trinajstić information content (AvgIpc) is 3.68. The van der Waals surface area contributed by atoms with Gasteiger partial charge in [-0.2, -0.15) is 0 Å². The number of rotatable bonds is 15. The summed E-state index contributed by atoms with van der Waals surface area (Å²) in [5.74, 6) is -3.26. The van der Waals surface area contributed by atoms with Crippen LogP contribution < -0.4 is 0 Å². The van der Waals surface area contributed by atoms with E-state index in [1.807, 2.05) is 6.92 Å². The molecule has 20 heteroatoms. The van der Waals surface area contributed by atoms with Crippen LogP contribution in [0.5, 0.6) is 0 Å². The van der Waals surface area contributed by atoms with Crippen LogP contribution >= 0.6 is 23.5 Å². The number of hydrogen-bond donors (Lipinski definition) is 3. The van der Waals surface area contributed by atoms with Crippen molar-refractivity contribution in [1.29, 1.82) is 0 Å². The number of esters is 1. The fourth-order valence-corrected chi connectivity index (χ4v) is 9.39. The summed E-state index contributed by atoms with van der Waals surface area (Å²) in [5, 5.41) is 51.7. The van der Waals surface area contributed by atoms with Gasteiger partial charge in [-0.05, 0) is 61.9 Å². The van der Waals surface area contributed by atoms with Gasteiger partial charge in [-0.15, -0.1) is 23.5 Å². The second-order valence-electron chi connectivity index (χ2n) is 13.5. The highest BCUT2D eigenvalue weighted by Crippen LogP contribution is 2.53. The lowest BCUT2D eigenvalue weighted by Crippen LogP contribution is -2.63. The van der Waals surface area contributed by atoms with Crippen LogP contribution in [0.3, 0.4) is 0 Å². The number of nitro groups is 2. The highest BCUT2D eigenvalue weighted by molar-refractivity contribution is 8.03. The minimum absolute atomic E-state index is 0.0134.